The molecule has 0 aromatic heterocycles. The number of nitrogens with one attached hydrogen (secondary N) is 2. The Morgan fingerprint density at radius 1 is 1.28 bits per heavy atom. The highest BCUT2D eigenvalue weighted by atomic mass is 19.4. The Labute approximate surface area is 165 Å². The van der Waals surface area contributed by atoms with E-state index in [1.54, 1.807) is 6.92 Å². The summed E-state index contributed by atoms with van der Waals surface area (Å²) in [6.45, 7) is 5.41. The lowest BCUT2D eigenvalue weighted by Gasteiger charge is -2.48. The fourth-order valence-corrected chi connectivity index (χ4v) is 4.63. The van der Waals surface area contributed by atoms with Gasteiger partial charge in [-0.05, 0) is 31.9 Å². The number of hydrogen-bond donors (Lipinski definition) is 2. The third-order valence-electron chi connectivity index (χ3n) is 5.77. The maximum absolute atomic E-state index is 14.8. The van der Waals surface area contributed by atoms with Crippen LogP contribution in [-0.2, 0) is 16.4 Å². The minimum absolute atomic E-state index is 0.0768. The largest absolute Gasteiger partial charge is 0.416 e. The van der Waals surface area contributed by atoms with Crippen molar-refractivity contribution in [1.29, 1.82) is 0 Å². The molecule has 29 heavy (non-hydrogen) atoms. The number of rotatable bonds is 2. The number of benzene rings is 1. The minimum atomic E-state index is -4.57. The number of amides is 1. The van der Waals surface area contributed by atoms with Gasteiger partial charge in [-0.1, -0.05) is 25.1 Å². The van der Waals surface area contributed by atoms with E-state index in [1.165, 1.54) is 12.1 Å². The van der Waals surface area contributed by atoms with Crippen molar-refractivity contribution in [2.24, 2.45) is 10.2 Å². The minimum Gasteiger partial charge on any atom is -0.362 e. The average Bonchev–Trinajstić information content (AvgIpc) is 2.99. The molecule has 3 heterocycles. The van der Waals surface area contributed by atoms with Crippen LogP contribution in [0.15, 0.2) is 57.3 Å². The van der Waals surface area contributed by atoms with Crippen molar-refractivity contribution < 1.29 is 22.4 Å². The molecular formula is C20H20F4N4O. The number of azo groups is 1. The molecule has 3 aliphatic rings. The van der Waals surface area contributed by atoms with Crippen LogP contribution in [0.1, 0.15) is 44.7 Å². The molecule has 9 heteroatoms. The summed E-state index contributed by atoms with van der Waals surface area (Å²) in [4.78, 5) is 13.1. The average molecular weight is 408 g/mol. The van der Waals surface area contributed by atoms with E-state index in [0.29, 0.717) is 12.1 Å². The molecule has 3 aliphatic heterocycles. The molecule has 0 bridgehead atoms. The summed E-state index contributed by atoms with van der Waals surface area (Å²) >= 11 is 0. The molecule has 0 aliphatic carbocycles. The molecule has 0 saturated heterocycles. The second-order valence-corrected chi connectivity index (χ2v) is 8.17. The lowest BCUT2D eigenvalue weighted by Crippen LogP contribution is -2.58. The third kappa shape index (κ3) is 2.86. The van der Waals surface area contributed by atoms with E-state index in [4.69, 9.17) is 0 Å². The highest BCUT2D eigenvalue weighted by Gasteiger charge is 2.55. The van der Waals surface area contributed by atoms with E-state index in [2.05, 4.69) is 20.9 Å². The highest BCUT2D eigenvalue weighted by Crippen LogP contribution is 2.53. The zero-order valence-electron chi connectivity index (χ0n) is 16.1. The predicted octanol–water partition coefficient (Wildman–Crippen LogP) is 4.48. The van der Waals surface area contributed by atoms with Gasteiger partial charge in [0.25, 0.3) is 5.91 Å². The van der Waals surface area contributed by atoms with Crippen molar-refractivity contribution in [3.63, 3.8) is 0 Å². The van der Waals surface area contributed by atoms with Gasteiger partial charge in [0.15, 0.2) is 6.17 Å². The Morgan fingerprint density at radius 2 is 2.00 bits per heavy atom. The maximum Gasteiger partial charge on any atom is 0.416 e. The molecular weight excluding hydrogens is 388 g/mol. The van der Waals surface area contributed by atoms with Crippen molar-refractivity contribution in [3.8, 4) is 0 Å². The Kier molecular flexibility index (Phi) is 4.15. The molecule has 1 amide bonds. The Bertz CT molecular complexity index is 992. The lowest BCUT2D eigenvalue weighted by molar-refractivity contribution is -0.137. The molecule has 0 spiro atoms. The van der Waals surface area contributed by atoms with E-state index < -0.39 is 40.7 Å². The zero-order valence-corrected chi connectivity index (χ0v) is 16.1. The van der Waals surface area contributed by atoms with Gasteiger partial charge in [-0.3, -0.25) is 4.79 Å². The van der Waals surface area contributed by atoms with E-state index in [0.717, 1.165) is 12.1 Å². The summed E-state index contributed by atoms with van der Waals surface area (Å²) in [5.74, 6) is -1.31. The number of nitrogens with zero attached hydrogens (tertiary/aromatic N) is 2. The normalized spacial score (nSPS) is 28.1. The highest BCUT2D eigenvalue weighted by molar-refractivity contribution is 6.00. The smallest absolute Gasteiger partial charge is 0.362 e. The Balaban J connectivity index is 2.03. The summed E-state index contributed by atoms with van der Waals surface area (Å²) in [7, 11) is 0. The molecule has 5 nitrogen and oxygen atoms in total. The topological polar surface area (TPSA) is 65.8 Å². The SMILES string of the molecule is CC[C@]1(c2cccc(C(F)(F)F)c2)C2=C(CC(C)(C)NC2=O)NC2N=NC(F)=C21. The lowest BCUT2D eigenvalue weighted by atomic mass is 9.62. The number of alkyl halides is 3. The third-order valence-corrected chi connectivity index (χ3v) is 5.77. The van der Waals surface area contributed by atoms with Crippen LogP contribution in [0.3, 0.4) is 0 Å². The van der Waals surface area contributed by atoms with Gasteiger partial charge in [0.1, 0.15) is 0 Å². The number of carbonyl (C=O) groups is 1. The van der Waals surface area contributed by atoms with Gasteiger partial charge in [-0.25, -0.2) is 0 Å². The van der Waals surface area contributed by atoms with Crippen LogP contribution in [0, 0.1) is 0 Å². The van der Waals surface area contributed by atoms with Crippen molar-refractivity contribution in [1.82, 2.24) is 10.6 Å². The molecule has 0 radical (unpaired) electrons. The van der Waals surface area contributed by atoms with Crippen LogP contribution in [0.4, 0.5) is 17.6 Å². The van der Waals surface area contributed by atoms with Gasteiger partial charge in [-0.15, -0.1) is 5.11 Å². The molecule has 2 N–H and O–H groups in total. The van der Waals surface area contributed by atoms with Crippen molar-refractivity contribution in [3.05, 3.63) is 58.2 Å². The summed E-state index contributed by atoms with van der Waals surface area (Å²) in [6.07, 6.45) is -4.84. The van der Waals surface area contributed by atoms with Gasteiger partial charge in [0, 0.05) is 23.2 Å². The number of halogens is 4. The van der Waals surface area contributed by atoms with E-state index in [9.17, 15) is 22.4 Å². The van der Waals surface area contributed by atoms with Gasteiger partial charge >= 0.3 is 6.18 Å². The molecule has 2 atom stereocenters. The molecule has 0 fully saturated rings. The fraction of sp³-hybridized carbons (Fsp3) is 0.450. The first-order valence-electron chi connectivity index (χ1n) is 9.31. The van der Waals surface area contributed by atoms with Crippen LogP contribution in [-0.4, -0.2) is 17.6 Å². The Hall–Kier alpha value is -2.71. The van der Waals surface area contributed by atoms with E-state index >= 15 is 0 Å². The van der Waals surface area contributed by atoms with Crippen LogP contribution in [0.5, 0.6) is 0 Å². The zero-order chi connectivity index (χ0) is 21.2. The Morgan fingerprint density at radius 3 is 2.66 bits per heavy atom. The van der Waals surface area contributed by atoms with Gasteiger partial charge in [0.05, 0.1) is 16.6 Å². The van der Waals surface area contributed by atoms with Crippen LogP contribution in [0.25, 0.3) is 0 Å². The number of carbonyl (C=O) groups excluding carboxylic acids is 1. The van der Waals surface area contributed by atoms with E-state index in [-0.39, 0.29) is 23.1 Å². The van der Waals surface area contributed by atoms with Crippen molar-refractivity contribution >= 4 is 5.91 Å². The fourth-order valence-electron chi connectivity index (χ4n) is 4.63. The summed E-state index contributed by atoms with van der Waals surface area (Å²) in [5, 5.41) is 13.4. The standard InChI is InChI=1S/C20H20F4N4O/c1-4-19(10-6-5-7-11(8-10)20(22,23)24)13-12(9-18(2,3)26-17(13)29)25-16-14(19)15(21)27-28-16/h5-8,16,25H,4,9H2,1-3H3,(H,26,29)/t16?,19-/m0/s1. The molecule has 1 aromatic rings. The van der Waals surface area contributed by atoms with Crippen molar-refractivity contribution in [2.75, 3.05) is 0 Å². The number of fused-ring (bicyclic) bond motifs is 1. The predicted molar refractivity (Wildman–Crippen MR) is 97.2 cm³/mol. The first kappa shape index (κ1) is 19.6. The van der Waals surface area contributed by atoms with Crippen LogP contribution >= 0.6 is 0 Å². The van der Waals surface area contributed by atoms with E-state index in [1.807, 2.05) is 13.8 Å². The molecule has 0 saturated carbocycles. The summed E-state index contributed by atoms with van der Waals surface area (Å²) in [6, 6.07) is 4.72. The number of hydrogen-bond acceptors (Lipinski definition) is 4. The molecule has 1 unspecified atom stereocenters. The molecule has 1 aromatic carbocycles. The van der Waals surface area contributed by atoms with Gasteiger partial charge in [0.2, 0.25) is 5.95 Å². The monoisotopic (exact) mass is 408 g/mol. The van der Waals surface area contributed by atoms with Crippen LogP contribution in [0.2, 0.25) is 0 Å². The first-order valence-corrected chi connectivity index (χ1v) is 9.31. The summed E-state index contributed by atoms with van der Waals surface area (Å²) in [5.41, 5.74) is -1.77. The second-order valence-electron chi connectivity index (χ2n) is 8.17. The second kappa shape index (κ2) is 6.14. The maximum atomic E-state index is 14.8. The van der Waals surface area contributed by atoms with Gasteiger partial charge in [-0.2, -0.15) is 22.7 Å². The quantitative estimate of drug-likeness (QED) is 0.560. The van der Waals surface area contributed by atoms with Gasteiger partial charge < -0.3 is 10.6 Å². The molecule has 4 rings (SSSR count). The first-order chi connectivity index (χ1) is 13.5. The van der Waals surface area contributed by atoms with Crippen molar-refractivity contribution in [2.45, 2.75) is 56.9 Å². The molecule has 154 valence electrons. The summed E-state index contributed by atoms with van der Waals surface area (Å²) < 4.78 is 55.0. The van der Waals surface area contributed by atoms with Crippen LogP contribution < -0.4 is 10.6 Å².